The van der Waals surface area contributed by atoms with E-state index in [2.05, 4.69) is 15.9 Å². The van der Waals surface area contributed by atoms with E-state index in [-0.39, 0.29) is 5.56 Å². The van der Waals surface area contributed by atoms with Gasteiger partial charge in [0.05, 0.1) is 6.07 Å². The highest BCUT2D eigenvalue weighted by Gasteiger charge is 2.24. The first-order valence-corrected chi connectivity index (χ1v) is 6.78. The van der Waals surface area contributed by atoms with E-state index in [0.717, 1.165) is 10.0 Å². The molecule has 1 atom stereocenters. The summed E-state index contributed by atoms with van der Waals surface area (Å²) in [6.07, 6.45) is 0. The molecule has 4 heteroatoms. The molecule has 0 amide bonds. The Morgan fingerprint density at radius 2 is 2.00 bits per heavy atom. The molecule has 0 radical (unpaired) electrons. The Balaban J connectivity index is 2.42. The maximum Gasteiger partial charge on any atom is 0.184 e. The summed E-state index contributed by atoms with van der Waals surface area (Å²) in [4.78, 5) is 12.4. The van der Waals surface area contributed by atoms with Gasteiger partial charge >= 0.3 is 0 Å². The van der Waals surface area contributed by atoms with E-state index in [0.29, 0.717) is 5.56 Å². The summed E-state index contributed by atoms with van der Waals surface area (Å²) in [6, 6.07) is 12.8. The maximum absolute atomic E-state index is 13.7. The van der Waals surface area contributed by atoms with Gasteiger partial charge in [-0.15, -0.1) is 0 Å². The normalized spacial score (nSPS) is 11.7. The molecule has 2 rings (SSSR count). The molecule has 0 fully saturated rings. The first kappa shape index (κ1) is 14.4. The molecule has 0 aliphatic carbocycles. The highest BCUT2D eigenvalue weighted by atomic mass is 79.9. The van der Waals surface area contributed by atoms with Crippen molar-refractivity contribution < 1.29 is 9.18 Å². The Kier molecular flexibility index (Phi) is 4.31. The minimum Gasteiger partial charge on any atom is -0.292 e. The first-order chi connectivity index (χ1) is 9.54. The van der Waals surface area contributed by atoms with Crippen molar-refractivity contribution in [3.05, 3.63) is 69.4 Å². The number of carbonyl (C=O) groups excluding carboxylic acids is 1. The summed E-state index contributed by atoms with van der Waals surface area (Å²) in [5.41, 5.74) is 1.40. The van der Waals surface area contributed by atoms with Gasteiger partial charge in [-0.05, 0) is 30.7 Å². The van der Waals surface area contributed by atoms with Gasteiger partial charge in [0.25, 0.3) is 0 Å². The molecule has 0 saturated heterocycles. The molecule has 0 N–H and O–H groups in total. The van der Waals surface area contributed by atoms with Crippen molar-refractivity contribution in [2.45, 2.75) is 12.8 Å². The van der Waals surface area contributed by atoms with E-state index in [1.54, 1.807) is 24.3 Å². The number of hydrogen-bond donors (Lipinski definition) is 0. The molecule has 2 aromatic carbocycles. The van der Waals surface area contributed by atoms with E-state index in [9.17, 15) is 14.4 Å². The van der Waals surface area contributed by atoms with Crippen LogP contribution in [-0.4, -0.2) is 5.78 Å². The van der Waals surface area contributed by atoms with Crippen LogP contribution in [0.1, 0.15) is 27.4 Å². The lowest BCUT2D eigenvalue weighted by molar-refractivity contribution is 0.0977. The maximum atomic E-state index is 13.7. The van der Waals surface area contributed by atoms with Crippen molar-refractivity contribution >= 4 is 21.7 Å². The Labute approximate surface area is 125 Å². The number of rotatable bonds is 3. The second-order valence-electron chi connectivity index (χ2n) is 4.41. The van der Waals surface area contributed by atoms with Crippen LogP contribution in [0, 0.1) is 24.1 Å². The molecule has 0 spiro atoms. The molecular formula is C16H11BrFNO. The van der Waals surface area contributed by atoms with Crippen molar-refractivity contribution in [2.24, 2.45) is 0 Å². The van der Waals surface area contributed by atoms with Crippen LogP contribution < -0.4 is 0 Å². The fraction of sp³-hybridized carbons (Fsp3) is 0.125. The van der Waals surface area contributed by atoms with Gasteiger partial charge in [0, 0.05) is 15.6 Å². The lowest BCUT2D eigenvalue weighted by Gasteiger charge is -2.10. The van der Waals surface area contributed by atoms with Gasteiger partial charge in [0.15, 0.2) is 5.78 Å². The quantitative estimate of drug-likeness (QED) is 0.783. The molecule has 1 unspecified atom stereocenters. The van der Waals surface area contributed by atoms with E-state index in [4.69, 9.17) is 0 Å². The van der Waals surface area contributed by atoms with E-state index in [1.165, 1.54) is 18.2 Å². The average Bonchev–Trinajstić information content (AvgIpc) is 2.44. The standard InChI is InChI=1S/C16H11BrFNO/c1-10-8-11(6-7-14(10)17)16(20)13(9-19)12-4-2-3-5-15(12)18/h2-8,13H,1H3. The van der Waals surface area contributed by atoms with Gasteiger partial charge in [-0.3, -0.25) is 4.79 Å². The largest absolute Gasteiger partial charge is 0.292 e. The Morgan fingerprint density at radius 3 is 2.60 bits per heavy atom. The van der Waals surface area contributed by atoms with Crippen LogP contribution in [0.2, 0.25) is 0 Å². The zero-order valence-electron chi connectivity index (χ0n) is 10.7. The van der Waals surface area contributed by atoms with Crippen molar-refractivity contribution in [2.75, 3.05) is 0 Å². The van der Waals surface area contributed by atoms with Gasteiger partial charge < -0.3 is 0 Å². The van der Waals surface area contributed by atoms with Gasteiger partial charge in [-0.2, -0.15) is 5.26 Å². The van der Waals surface area contributed by atoms with Crippen molar-refractivity contribution in [3.63, 3.8) is 0 Å². The van der Waals surface area contributed by atoms with Crippen molar-refractivity contribution in [1.82, 2.24) is 0 Å². The number of carbonyl (C=O) groups is 1. The molecule has 20 heavy (non-hydrogen) atoms. The molecule has 0 aliphatic heterocycles. The van der Waals surface area contributed by atoms with Crippen LogP contribution in [0.25, 0.3) is 0 Å². The van der Waals surface area contributed by atoms with Crippen LogP contribution in [0.15, 0.2) is 46.9 Å². The number of benzene rings is 2. The summed E-state index contributed by atoms with van der Waals surface area (Å²) >= 11 is 3.35. The fourth-order valence-electron chi connectivity index (χ4n) is 1.94. The summed E-state index contributed by atoms with van der Waals surface area (Å²) < 4.78 is 14.6. The lowest BCUT2D eigenvalue weighted by atomic mass is 9.91. The summed E-state index contributed by atoms with van der Waals surface area (Å²) in [6.45, 7) is 1.85. The number of nitrogens with zero attached hydrogens (tertiary/aromatic N) is 1. The van der Waals surface area contributed by atoms with Crippen LogP contribution >= 0.6 is 15.9 Å². The minimum absolute atomic E-state index is 0.112. The second-order valence-corrected chi connectivity index (χ2v) is 5.27. The van der Waals surface area contributed by atoms with Crippen LogP contribution in [0.5, 0.6) is 0 Å². The Morgan fingerprint density at radius 1 is 1.30 bits per heavy atom. The van der Waals surface area contributed by atoms with Gasteiger partial charge in [0.1, 0.15) is 11.7 Å². The number of aryl methyl sites for hydroxylation is 1. The molecule has 0 saturated carbocycles. The minimum atomic E-state index is -1.13. The Hall–Kier alpha value is -1.99. The molecule has 0 bridgehead atoms. The van der Waals surface area contributed by atoms with Crippen LogP contribution in [0.3, 0.4) is 0 Å². The number of nitriles is 1. The number of halogens is 2. The van der Waals surface area contributed by atoms with E-state index < -0.39 is 17.5 Å². The lowest BCUT2D eigenvalue weighted by Crippen LogP contribution is -2.13. The molecule has 2 aromatic rings. The topological polar surface area (TPSA) is 40.9 Å². The smallest absolute Gasteiger partial charge is 0.184 e. The zero-order valence-corrected chi connectivity index (χ0v) is 12.3. The number of ketones is 1. The van der Waals surface area contributed by atoms with E-state index >= 15 is 0 Å². The van der Waals surface area contributed by atoms with Gasteiger partial charge in [-0.1, -0.05) is 40.2 Å². The van der Waals surface area contributed by atoms with Crippen LogP contribution in [0.4, 0.5) is 4.39 Å². The first-order valence-electron chi connectivity index (χ1n) is 5.99. The summed E-state index contributed by atoms with van der Waals surface area (Å²) in [7, 11) is 0. The van der Waals surface area contributed by atoms with Gasteiger partial charge in [-0.25, -0.2) is 4.39 Å². The third kappa shape index (κ3) is 2.78. The molecule has 2 nitrogen and oxygen atoms in total. The van der Waals surface area contributed by atoms with Gasteiger partial charge in [0.2, 0.25) is 0 Å². The molecule has 100 valence electrons. The highest BCUT2D eigenvalue weighted by molar-refractivity contribution is 9.10. The third-order valence-corrected chi connectivity index (χ3v) is 3.94. The van der Waals surface area contributed by atoms with E-state index in [1.807, 2.05) is 13.0 Å². The molecule has 0 aliphatic rings. The average molecular weight is 332 g/mol. The predicted molar refractivity (Wildman–Crippen MR) is 78.0 cm³/mol. The number of hydrogen-bond acceptors (Lipinski definition) is 2. The molecule has 0 aromatic heterocycles. The molecular weight excluding hydrogens is 321 g/mol. The van der Waals surface area contributed by atoms with Crippen molar-refractivity contribution in [1.29, 1.82) is 5.26 Å². The predicted octanol–water partition coefficient (Wildman–Crippen LogP) is 4.39. The monoisotopic (exact) mass is 331 g/mol. The third-order valence-electron chi connectivity index (χ3n) is 3.05. The van der Waals surface area contributed by atoms with Crippen molar-refractivity contribution in [3.8, 4) is 6.07 Å². The summed E-state index contributed by atoms with van der Waals surface area (Å²) in [5.74, 6) is -2.06. The second kappa shape index (κ2) is 5.98. The van der Waals surface area contributed by atoms with Crippen LogP contribution in [-0.2, 0) is 0 Å². The SMILES string of the molecule is Cc1cc(C(=O)C(C#N)c2ccccc2F)ccc1Br. The fourth-order valence-corrected chi connectivity index (χ4v) is 2.19. The zero-order chi connectivity index (χ0) is 14.7. The summed E-state index contributed by atoms with van der Waals surface area (Å²) in [5, 5.41) is 9.21. The Bertz CT molecular complexity index is 706. The molecule has 0 heterocycles. The number of Topliss-reactive ketones (excluding diaryl/α,β-unsaturated/α-hetero) is 1. The highest BCUT2D eigenvalue weighted by Crippen LogP contribution is 2.25.